The number of halogens is 1. The van der Waals surface area contributed by atoms with Crippen LogP contribution in [-0.4, -0.2) is 14.7 Å². The Kier molecular flexibility index (Phi) is 4.34. The van der Waals surface area contributed by atoms with Crippen molar-refractivity contribution in [1.82, 2.24) is 9.55 Å². The third-order valence-corrected chi connectivity index (χ3v) is 5.08. The van der Waals surface area contributed by atoms with Gasteiger partial charge in [0.25, 0.3) is 5.56 Å². The summed E-state index contributed by atoms with van der Waals surface area (Å²) in [6.45, 7) is 2.01. The summed E-state index contributed by atoms with van der Waals surface area (Å²) in [5.41, 5.74) is 1.50. The molecule has 22 heavy (non-hydrogen) atoms. The molecule has 1 aromatic carbocycles. The number of phenolic OH excluding ortho intramolecular Hbond substituents is 1. The highest BCUT2D eigenvalue weighted by atomic mass is 79.9. The van der Waals surface area contributed by atoms with Gasteiger partial charge in [-0.05, 0) is 59.5 Å². The number of aromatic nitrogens is 2. The summed E-state index contributed by atoms with van der Waals surface area (Å²) >= 11 is 3.40. The van der Waals surface area contributed by atoms with E-state index in [1.54, 1.807) is 28.8 Å². The first-order valence-electron chi connectivity index (χ1n) is 7.72. The fraction of sp³-hybridized carbons (Fsp3) is 0.412. The molecule has 116 valence electrons. The summed E-state index contributed by atoms with van der Waals surface area (Å²) < 4.78 is 2.23. The summed E-state index contributed by atoms with van der Waals surface area (Å²) in [4.78, 5) is 17.6. The van der Waals surface area contributed by atoms with E-state index in [0.29, 0.717) is 10.4 Å². The first-order chi connectivity index (χ1) is 10.6. The Balaban J connectivity index is 2.23. The second kappa shape index (κ2) is 6.24. The van der Waals surface area contributed by atoms with Crippen LogP contribution in [0.2, 0.25) is 0 Å². The monoisotopic (exact) mass is 362 g/mol. The maximum atomic E-state index is 12.8. The highest BCUT2D eigenvalue weighted by Crippen LogP contribution is 2.34. The van der Waals surface area contributed by atoms with E-state index in [-0.39, 0.29) is 11.3 Å². The van der Waals surface area contributed by atoms with Crippen LogP contribution in [0.25, 0.3) is 5.69 Å². The van der Waals surface area contributed by atoms with Crippen LogP contribution >= 0.6 is 15.9 Å². The molecule has 1 aliphatic carbocycles. The van der Waals surface area contributed by atoms with Gasteiger partial charge in [-0.3, -0.25) is 9.36 Å². The zero-order chi connectivity index (χ0) is 15.7. The third kappa shape index (κ3) is 2.70. The van der Waals surface area contributed by atoms with Gasteiger partial charge in [-0.25, -0.2) is 4.98 Å². The number of phenols is 1. The van der Waals surface area contributed by atoms with Gasteiger partial charge in [0.05, 0.1) is 11.4 Å². The van der Waals surface area contributed by atoms with Crippen LogP contribution in [0.15, 0.2) is 33.5 Å². The van der Waals surface area contributed by atoms with Crippen LogP contribution in [-0.2, 0) is 6.42 Å². The number of benzene rings is 1. The molecule has 1 N–H and O–H groups in total. The summed E-state index contributed by atoms with van der Waals surface area (Å²) in [6, 6.07) is 6.72. The lowest BCUT2D eigenvalue weighted by atomic mass is 10.1. The number of aromatic hydroxyl groups is 1. The van der Waals surface area contributed by atoms with Crippen LogP contribution in [0.1, 0.15) is 50.0 Å². The van der Waals surface area contributed by atoms with E-state index in [2.05, 4.69) is 15.9 Å². The molecule has 2 aromatic rings. The average Bonchev–Trinajstić information content (AvgIpc) is 3.05. The normalized spacial score (nSPS) is 15.4. The standard InChI is InChI=1S/C17H19BrN2O2/c1-2-14-15(18)17(22)20(12-7-9-13(21)10-8-12)16(19-14)11-5-3-4-6-11/h7-11,21H,2-6H2,1H3. The van der Waals surface area contributed by atoms with E-state index in [9.17, 15) is 9.90 Å². The Bertz CT molecular complexity index is 732. The molecule has 1 fully saturated rings. The summed E-state index contributed by atoms with van der Waals surface area (Å²) in [5, 5.41) is 9.48. The molecule has 1 saturated carbocycles. The highest BCUT2D eigenvalue weighted by molar-refractivity contribution is 9.10. The minimum absolute atomic E-state index is 0.0700. The fourth-order valence-electron chi connectivity index (χ4n) is 3.11. The van der Waals surface area contributed by atoms with Gasteiger partial charge in [0.15, 0.2) is 0 Å². The molecule has 0 radical (unpaired) electrons. The molecule has 1 aliphatic rings. The summed E-state index contributed by atoms with van der Waals surface area (Å²) in [5.74, 6) is 1.38. The number of rotatable bonds is 3. The maximum Gasteiger partial charge on any atom is 0.272 e. The Morgan fingerprint density at radius 2 is 1.91 bits per heavy atom. The van der Waals surface area contributed by atoms with Gasteiger partial charge in [0, 0.05) is 5.92 Å². The number of aryl methyl sites for hydroxylation is 1. The predicted octanol–water partition coefficient (Wildman–Crippen LogP) is 3.92. The Morgan fingerprint density at radius 1 is 1.27 bits per heavy atom. The second-order valence-corrected chi connectivity index (χ2v) is 6.52. The molecule has 0 spiro atoms. The van der Waals surface area contributed by atoms with E-state index in [0.717, 1.165) is 36.5 Å². The first-order valence-corrected chi connectivity index (χ1v) is 8.51. The van der Waals surface area contributed by atoms with Gasteiger partial charge in [0.2, 0.25) is 0 Å². The lowest BCUT2D eigenvalue weighted by Gasteiger charge is -2.18. The molecule has 0 amide bonds. The van der Waals surface area contributed by atoms with Gasteiger partial charge in [-0.15, -0.1) is 0 Å². The van der Waals surface area contributed by atoms with Crippen molar-refractivity contribution in [2.75, 3.05) is 0 Å². The zero-order valence-corrected chi connectivity index (χ0v) is 14.1. The van der Waals surface area contributed by atoms with Crippen molar-refractivity contribution < 1.29 is 5.11 Å². The Morgan fingerprint density at radius 3 is 2.50 bits per heavy atom. The molecule has 0 bridgehead atoms. The van der Waals surface area contributed by atoms with Crippen molar-refractivity contribution in [3.63, 3.8) is 0 Å². The minimum Gasteiger partial charge on any atom is -0.508 e. The van der Waals surface area contributed by atoms with E-state index < -0.39 is 0 Å². The number of nitrogens with zero attached hydrogens (tertiary/aromatic N) is 2. The molecule has 3 rings (SSSR count). The summed E-state index contributed by atoms with van der Waals surface area (Å²) in [6.07, 6.45) is 5.26. The lowest BCUT2D eigenvalue weighted by Crippen LogP contribution is -2.27. The van der Waals surface area contributed by atoms with E-state index in [4.69, 9.17) is 4.98 Å². The van der Waals surface area contributed by atoms with Crippen molar-refractivity contribution in [1.29, 1.82) is 0 Å². The molecule has 5 heteroatoms. The zero-order valence-electron chi connectivity index (χ0n) is 12.6. The lowest BCUT2D eigenvalue weighted by molar-refractivity contribution is 0.475. The largest absolute Gasteiger partial charge is 0.508 e. The molecule has 0 aliphatic heterocycles. The Hall–Kier alpha value is -1.62. The van der Waals surface area contributed by atoms with Gasteiger partial charge in [-0.1, -0.05) is 19.8 Å². The van der Waals surface area contributed by atoms with Gasteiger partial charge in [0.1, 0.15) is 16.0 Å². The topological polar surface area (TPSA) is 55.1 Å². The van der Waals surface area contributed by atoms with Crippen molar-refractivity contribution in [3.05, 3.63) is 50.6 Å². The quantitative estimate of drug-likeness (QED) is 0.899. The SMILES string of the molecule is CCc1nc(C2CCCC2)n(-c2ccc(O)cc2)c(=O)c1Br. The Labute approximate surface area is 138 Å². The van der Waals surface area contributed by atoms with Crippen molar-refractivity contribution in [3.8, 4) is 11.4 Å². The van der Waals surface area contributed by atoms with E-state index in [1.165, 1.54) is 12.8 Å². The molecular weight excluding hydrogens is 344 g/mol. The van der Waals surface area contributed by atoms with Crippen LogP contribution in [0.4, 0.5) is 0 Å². The number of hydrogen-bond donors (Lipinski definition) is 1. The molecule has 0 unspecified atom stereocenters. The second-order valence-electron chi connectivity index (χ2n) is 5.72. The minimum atomic E-state index is -0.0700. The van der Waals surface area contributed by atoms with Crippen LogP contribution in [0.5, 0.6) is 5.75 Å². The van der Waals surface area contributed by atoms with Gasteiger partial charge < -0.3 is 5.11 Å². The fourth-order valence-corrected chi connectivity index (χ4v) is 3.65. The predicted molar refractivity (Wildman–Crippen MR) is 89.8 cm³/mol. The van der Waals surface area contributed by atoms with Crippen molar-refractivity contribution >= 4 is 15.9 Å². The molecule has 1 aromatic heterocycles. The van der Waals surface area contributed by atoms with E-state index >= 15 is 0 Å². The molecular formula is C17H19BrN2O2. The van der Waals surface area contributed by atoms with Crippen LogP contribution < -0.4 is 5.56 Å². The van der Waals surface area contributed by atoms with Crippen LogP contribution in [0, 0.1) is 0 Å². The maximum absolute atomic E-state index is 12.8. The average molecular weight is 363 g/mol. The van der Waals surface area contributed by atoms with Crippen LogP contribution in [0.3, 0.4) is 0 Å². The first kappa shape index (κ1) is 15.3. The van der Waals surface area contributed by atoms with Crippen molar-refractivity contribution in [2.45, 2.75) is 44.9 Å². The molecule has 1 heterocycles. The highest BCUT2D eigenvalue weighted by Gasteiger charge is 2.25. The van der Waals surface area contributed by atoms with Gasteiger partial charge in [-0.2, -0.15) is 0 Å². The molecule has 0 saturated heterocycles. The smallest absolute Gasteiger partial charge is 0.272 e. The number of hydrogen-bond acceptors (Lipinski definition) is 3. The molecule has 0 atom stereocenters. The summed E-state index contributed by atoms with van der Waals surface area (Å²) in [7, 11) is 0. The van der Waals surface area contributed by atoms with Crippen molar-refractivity contribution in [2.24, 2.45) is 0 Å². The van der Waals surface area contributed by atoms with E-state index in [1.807, 2.05) is 6.92 Å². The van der Waals surface area contributed by atoms with Gasteiger partial charge >= 0.3 is 0 Å². The third-order valence-electron chi connectivity index (χ3n) is 4.29. The molecule has 4 nitrogen and oxygen atoms in total.